The van der Waals surface area contributed by atoms with Crippen LogP contribution in [0.15, 0.2) is 40.3 Å². The van der Waals surface area contributed by atoms with Gasteiger partial charge in [-0.25, -0.2) is 22.3 Å². The molecule has 0 spiro atoms. The van der Waals surface area contributed by atoms with Crippen LogP contribution in [-0.4, -0.2) is 41.6 Å². The SMILES string of the molecule is Cn1ncc(S(=O)(=O)NCCSc2ccccc2F)c1C(=O)O. The molecule has 0 aliphatic rings. The van der Waals surface area contributed by atoms with Crippen LogP contribution in [0.1, 0.15) is 10.5 Å². The lowest BCUT2D eigenvalue weighted by Gasteiger charge is -2.07. The Labute approximate surface area is 136 Å². The van der Waals surface area contributed by atoms with Gasteiger partial charge < -0.3 is 5.11 Å². The second-order valence-electron chi connectivity index (χ2n) is 4.46. The van der Waals surface area contributed by atoms with E-state index < -0.39 is 26.6 Å². The number of aromatic carboxylic acids is 1. The highest BCUT2D eigenvalue weighted by molar-refractivity contribution is 7.99. The Balaban J connectivity index is 2.00. The van der Waals surface area contributed by atoms with Gasteiger partial charge in [-0.1, -0.05) is 12.1 Å². The molecule has 1 aromatic carbocycles. The number of carboxylic acid groups (broad SMARTS) is 1. The van der Waals surface area contributed by atoms with Gasteiger partial charge in [-0.2, -0.15) is 5.10 Å². The fourth-order valence-electron chi connectivity index (χ4n) is 1.83. The van der Waals surface area contributed by atoms with Crippen molar-refractivity contribution in [3.05, 3.63) is 42.0 Å². The summed E-state index contributed by atoms with van der Waals surface area (Å²) >= 11 is 1.16. The Bertz CT molecular complexity index is 820. The topological polar surface area (TPSA) is 101 Å². The summed E-state index contributed by atoms with van der Waals surface area (Å²) in [6, 6.07) is 6.17. The first-order chi connectivity index (χ1) is 10.8. The minimum atomic E-state index is -4.00. The average molecular weight is 359 g/mol. The maximum Gasteiger partial charge on any atom is 0.355 e. The lowest BCUT2D eigenvalue weighted by atomic mass is 10.3. The first kappa shape index (κ1) is 17.4. The van der Waals surface area contributed by atoms with E-state index in [0.717, 1.165) is 22.6 Å². The zero-order chi connectivity index (χ0) is 17.0. The Morgan fingerprint density at radius 3 is 2.78 bits per heavy atom. The zero-order valence-electron chi connectivity index (χ0n) is 12.1. The molecule has 0 unspecified atom stereocenters. The molecule has 0 aliphatic carbocycles. The standard InChI is InChI=1S/C13H14FN3O4S2/c1-17-12(13(18)19)11(8-15-17)23(20,21)16-6-7-22-10-5-3-2-4-9(10)14/h2-5,8,16H,6-7H2,1H3,(H,18,19). The third kappa shape index (κ3) is 4.09. The number of rotatable bonds is 7. The summed E-state index contributed by atoms with van der Waals surface area (Å²) in [5, 5.41) is 12.7. The largest absolute Gasteiger partial charge is 0.476 e. The Hall–Kier alpha value is -1.91. The molecular formula is C13H14FN3O4S2. The summed E-state index contributed by atoms with van der Waals surface area (Å²) in [6.45, 7) is 0.0231. The minimum Gasteiger partial charge on any atom is -0.476 e. The van der Waals surface area contributed by atoms with Crippen molar-refractivity contribution in [3.8, 4) is 0 Å². The molecule has 2 aromatic rings. The number of carboxylic acids is 1. The summed E-state index contributed by atoms with van der Waals surface area (Å²) in [5.41, 5.74) is -0.417. The summed E-state index contributed by atoms with van der Waals surface area (Å²) in [7, 11) is -2.66. The number of hydrogen-bond acceptors (Lipinski definition) is 5. The normalized spacial score (nSPS) is 11.6. The summed E-state index contributed by atoms with van der Waals surface area (Å²) in [6.07, 6.45) is 0.982. The fraction of sp³-hybridized carbons (Fsp3) is 0.231. The number of nitrogens with one attached hydrogen (secondary N) is 1. The molecule has 0 amide bonds. The van der Waals surface area contributed by atoms with Crippen molar-refractivity contribution in [2.24, 2.45) is 7.05 Å². The van der Waals surface area contributed by atoms with Crippen LogP contribution in [0.2, 0.25) is 0 Å². The van der Waals surface area contributed by atoms with Gasteiger partial charge in [-0.15, -0.1) is 11.8 Å². The van der Waals surface area contributed by atoms with E-state index in [1.54, 1.807) is 18.2 Å². The van der Waals surface area contributed by atoms with Gasteiger partial charge in [-0.3, -0.25) is 4.68 Å². The molecule has 0 atom stereocenters. The lowest BCUT2D eigenvalue weighted by molar-refractivity contribution is 0.0680. The zero-order valence-corrected chi connectivity index (χ0v) is 13.7. The second-order valence-corrected chi connectivity index (χ2v) is 7.33. The third-order valence-corrected chi connectivity index (χ3v) is 5.40. The third-order valence-electron chi connectivity index (χ3n) is 2.89. The predicted octanol–water partition coefficient (Wildman–Crippen LogP) is 1.33. The van der Waals surface area contributed by atoms with Gasteiger partial charge >= 0.3 is 5.97 Å². The monoisotopic (exact) mass is 359 g/mol. The van der Waals surface area contributed by atoms with Crippen LogP contribution in [-0.2, 0) is 17.1 Å². The molecule has 10 heteroatoms. The van der Waals surface area contributed by atoms with Gasteiger partial charge in [0.1, 0.15) is 10.7 Å². The molecule has 7 nitrogen and oxygen atoms in total. The molecule has 0 saturated heterocycles. The van der Waals surface area contributed by atoms with Crippen molar-refractivity contribution >= 4 is 27.8 Å². The van der Waals surface area contributed by atoms with Crippen LogP contribution in [0.3, 0.4) is 0 Å². The average Bonchev–Trinajstić information content (AvgIpc) is 2.88. The van der Waals surface area contributed by atoms with Gasteiger partial charge in [0.15, 0.2) is 5.69 Å². The van der Waals surface area contributed by atoms with E-state index in [9.17, 15) is 17.6 Å². The number of nitrogens with zero attached hydrogens (tertiary/aromatic N) is 2. The van der Waals surface area contributed by atoms with E-state index in [-0.39, 0.29) is 12.4 Å². The highest BCUT2D eigenvalue weighted by Crippen LogP contribution is 2.21. The van der Waals surface area contributed by atoms with Gasteiger partial charge in [0.05, 0.1) is 6.20 Å². The van der Waals surface area contributed by atoms with Crippen molar-refractivity contribution in [2.45, 2.75) is 9.79 Å². The van der Waals surface area contributed by atoms with Crippen molar-refractivity contribution in [2.75, 3.05) is 12.3 Å². The molecule has 2 N–H and O–H groups in total. The van der Waals surface area contributed by atoms with E-state index in [2.05, 4.69) is 9.82 Å². The van der Waals surface area contributed by atoms with Crippen molar-refractivity contribution in [3.63, 3.8) is 0 Å². The fourth-order valence-corrected chi connectivity index (χ4v) is 3.95. The van der Waals surface area contributed by atoms with E-state index in [1.165, 1.54) is 13.1 Å². The molecule has 0 bridgehead atoms. The highest BCUT2D eigenvalue weighted by Gasteiger charge is 2.26. The van der Waals surface area contributed by atoms with Gasteiger partial charge in [-0.05, 0) is 12.1 Å². The number of aryl methyl sites for hydroxylation is 1. The molecule has 0 fully saturated rings. The van der Waals surface area contributed by atoms with Crippen LogP contribution >= 0.6 is 11.8 Å². The Kier molecular flexibility index (Phi) is 5.39. The van der Waals surface area contributed by atoms with Crippen molar-refractivity contribution in [1.29, 1.82) is 0 Å². The van der Waals surface area contributed by atoms with Crippen LogP contribution in [0.5, 0.6) is 0 Å². The summed E-state index contributed by atoms with van der Waals surface area (Å²) in [4.78, 5) is 11.1. The maximum absolute atomic E-state index is 13.4. The number of benzene rings is 1. The van der Waals surface area contributed by atoms with Crippen LogP contribution in [0, 0.1) is 5.82 Å². The van der Waals surface area contributed by atoms with E-state index in [0.29, 0.717) is 10.6 Å². The molecule has 1 aromatic heterocycles. The lowest BCUT2D eigenvalue weighted by Crippen LogP contribution is -2.27. The number of thioether (sulfide) groups is 1. The molecule has 124 valence electrons. The van der Waals surface area contributed by atoms with Gasteiger partial charge in [0.2, 0.25) is 10.0 Å². The van der Waals surface area contributed by atoms with E-state index >= 15 is 0 Å². The second kappa shape index (κ2) is 7.11. The van der Waals surface area contributed by atoms with Crippen LogP contribution in [0.25, 0.3) is 0 Å². The Morgan fingerprint density at radius 2 is 2.13 bits per heavy atom. The number of carbonyl (C=O) groups is 1. The molecule has 1 heterocycles. The number of halogens is 1. The number of aromatic nitrogens is 2. The first-order valence-electron chi connectivity index (χ1n) is 6.45. The molecule has 2 rings (SSSR count). The number of hydrogen-bond donors (Lipinski definition) is 2. The van der Waals surface area contributed by atoms with Crippen LogP contribution < -0.4 is 4.72 Å². The van der Waals surface area contributed by atoms with E-state index in [4.69, 9.17) is 5.11 Å². The molecule has 0 radical (unpaired) electrons. The van der Waals surface area contributed by atoms with Crippen molar-refractivity contribution < 1.29 is 22.7 Å². The molecule has 0 aliphatic heterocycles. The molecular weight excluding hydrogens is 345 g/mol. The number of sulfonamides is 1. The Morgan fingerprint density at radius 1 is 1.43 bits per heavy atom. The quantitative estimate of drug-likeness (QED) is 0.571. The van der Waals surface area contributed by atoms with Gasteiger partial charge in [0, 0.05) is 24.2 Å². The molecule has 0 saturated carbocycles. The maximum atomic E-state index is 13.4. The summed E-state index contributed by atoms with van der Waals surface area (Å²) < 4.78 is 41.0. The summed E-state index contributed by atoms with van der Waals surface area (Å²) in [5.74, 6) is -1.46. The molecule has 23 heavy (non-hydrogen) atoms. The highest BCUT2D eigenvalue weighted by atomic mass is 32.2. The van der Waals surface area contributed by atoms with Crippen LogP contribution in [0.4, 0.5) is 4.39 Å². The van der Waals surface area contributed by atoms with Crippen molar-refractivity contribution in [1.82, 2.24) is 14.5 Å². The minimum absolute atomic E-state index is 0.0231. The first-order valence-corrected chi connectivity index (χ1v) is 8.92. The smallest absolute Gasteiger partial charge is 0.355 e. The van der Waals surface area contributed by atoms with Gasteiger partial charge in [0.25, 0.3) is 0 Å². The van der Waals surface area contributed by atoms with E-state index in [1.807, 2.05) is 0 Å². The predicted molar refractivity (Wildman–Crippen MR) is 82.5 cm³/mol.